The van der Waals surface area contributed by atoms with E-state index >= 15 is 0 Å². The minimum absolute atomic E-state index is 0.230. The number of rotatable bonds is 4. The van der Waals surface area contributed by atoms with E-state index in [2.05, 4.69) is 30.5 Å². The van der Waals surface area contributed by atoms with Crippen LogP contribution in [0.2, 0.25) is 0 Å². The Balaban J connectivity index is 2.36. The summed E-state index contributed by atoms with van der Waals surface area (Å²) in [5.74, 6) is 0. The number of hydrogen-bond acceptors (Lipinski definition) is 3. The highest BCUT2D eigenvalue weighted by Gasteiger charge is 2.23. The quantitative estimate of drug-likeness (QED) is 0.669. The van der Waals surface area contributed by atoms with Gasteiger partial charge in [0.1, 0.15) is 0 Å². The predicted octanol–water partition coefficient (Wildman–Crippen LogP) is 0.559. The SMILES string of the molecule is C=CCC(O)CC1CN(C)CCN1C. The molecule has 3 nitrogen and oxygen atoms in total. The van der Waals surface area contributed by atoms with Gasteiger partial charge in [-0.3, -0.25) is 0 Å². The number of aliphatic hydroxyl groups is 1. The van der Waals surface area contributed by atoms with Crippen LogP contribution in [0.4, 0.5) is 0 Å². The standard InChI is InChI=1S/C11H22N2O/c1-4-5-11(14)8-10-9-12(2)6-7-13(10)3/h4,10-11,14H,1,5-9H2,2-3H3. The molecule has 0 radical (unpaired) electrons. The first kappa shape index (κ1) is 11.7. The number of nitrogens with zero attached hydrogens (tertiary/aromatic N) is 2. The molecule has 0 amide bonds. The maximum Gasteiger partial charge on any atom is 0.0589 e. The molecule has 0 aromatic rings. The monoisotopic (exact) mass is 198 g/mol. The third-order valence-corrected chi connectivity index (χ3v) is 2.96. The second kappa shape index (κ2) is 5.49. The molecule has 2 atom stereocenters. The van der Waals surface area contributed by atoms with Gasteiger partial charge in [-0.25, -0.2) is 0 Å². The highest BCUT2D eigenvalue weighted by Crippen LogP contribution is 2.13. The van der Waals surface area contributed by atoms with E-state index in [1.165, 1.54) is 0 Å². The molecule has 1 aliphatic heterocycles. The zero-order valence-corrected chi connectivity index (χ0v) is 9.32. The molecule has 0 aromatic heterocycles. The lowest BCUT2D eigenvalue weighted by Crippen LogP contribution is -2.50. The topological polar surface area (TPSA) is 26.7 Å². The first-order valence-electron chi connectivity index (χ1n) is 5.31. The second-order valence-electron chi connectivity index (χ2n) is 4.31. The summed E-state index contributed by atoms with van der Waals surface area (Å²) in [5, 5.41) is 9.69. The van der Waals surface area contributed by atoms with Crippen molar-refractivity contribution in [2.75, 3.05) is 33.7 Å². The number of likely N-dealkylation sites (N-methyl/N-ethyl adjacent to an activating group) is 2. The van der Waals surface area contributed by atoms with Crippen LogP contribution in [0.3, 0.4) is 0 Å². The molecule has 82 valence electrons. The van der Waals surface area contributed by atoms with Crippen molar-refractivity contribution in [3.8, 4) is 0 Å². The van der Waals surface area contributed by atoms with E-state index < -0.39 is 0 Å². The number of piperazine rings is 1. The van der Waals surface area contributed by atoms with E-state index in [4.69, 9.17) is 0 Å². The zero-order valence-electron chi connectivity index (χ0n) is 9.32. The Hall–Kier alpha value is -0.380. The van der Waals surface area contributed by atoms with Crippen LogP contribution in [0.25, 0.3) is 0 Å². The van der Waals surface area contributed by atoms with Gasteiger partial charge in [0.2, 0.25) is 0 Å². The lowest BCUT2D eigenvalue weighted by molar-refractivity contribution is 0.0648. The van der Waals surface area contributed by atoms with Crippen molar-refractivity contribution in [1.82, 2.24) is 9.80 Å². The fourth-order valence-electron chi connectivity index (χ4n) is 1.96. The van der Waals surface area contributed by atoms with E-state index in [0.29, 0.717) is 12.5 Å². The maximum atomic E-state index is 9.69. The summed E-state index contributed by atoms with van der Waals surface area (Å²) in [6.45, 7) is 6.93. The minimum Gasteiger partial charge on any atom is -0.393 e. The Kier molecular flexibility index (Phi) is 4.58. The predicted molar refractivity (Wildman–Crippen MR) is 59.4 cm³/mol. The third-order valence-electron chi connectivity index (χ3n) is 2.96. The van der Waals surface area contributed by atoms with Gasteiger partial charge in [0.15, 0.2) is 0 Å². The van der Waals surface area contributed by atoms with Crippen molar-refractivity contribution < 1.29 is 5.11 Å². The zero-order chi connectivity index (χ0) is 10.6. The fourth-order valence-corrected chi connectivity index (χ4v) is 1.96. The number of aliphatic hydroxyl groups excluding tert-OH is 1. The second-order valence-corrected chi connectivity index (χ2v) is 4.31. The summed E-state index contributed by atoms with van der Waals surface area (Å²) < 4.78 is 0. The summed E-state index contributed by atoms with van der Waals surface area (Å²) in [4.78, 5) is 4.66. The highest BCUT2D eigenvalue weighted by molar-refractivity contribution is 4.83. The Morgan fingerprint density at radius 1 is 1.50 bits per heavy atom. The molecule has 3 heteroatoms. The molecule has 0 aromatic carbocycles. The lowest BCUT2D eigenvalue weighted by Gasteiger charge is -2.38. The summed E-state index contributed by atoms with van der Waals surface area (Å²) in [7, 11) is 4.28. The van der Waals surface area contributed by atoms with Gasteiger partial charge < -0.3 is 14.9 Å². The molecule has 0 spiro atoms. The van der Waals surface area contributed by atoms with Gasteiger partial charge in [0.25, 0.3) is 0 Å². The average molecular weight is 198 g/mol. The van der Waals surface area contributed by atoms with E-state index in [0.717, 1.165) is 26.1 Å². The Bertz CT molecular complexity index is 184. The van der Waals surface area contributed by atoms with Gasteiger partial charge in [0.05, 0.1) is 6.10 Å². The van der Waals surface area contributed by atoms with Crippen molar-refractivity contribution in [3.63, 3.8) is 0 Å². The fraction of sp³-hybridized carbons (Fsp3) is 0.818. The minimum atomic E-state index is -0.230. The van der Waals surface area contributed by atoms with Gasteiger partial charge in [0, 0.05) is 25.7 Å². The van der Waals surface area contributed by atoms with Crippen molar-refractivity contribution in [3.05, 3.63) is 12.7 Å². The van der Waals surface area contributed by atoms with Gasteiger partial charge in [-0.2, -0.15) is 0 Å². The molecule has 1 heterocycles. The van der Waals surface area contributed by atoms with Crippen LogP contribution in [0, 0.1) is 0 Å². The molecule has 0 saturated carbocycles. The Morgan fingerprint density at radius 3 is 2.86 bits per heavy atom. The molecule has 0 aliphatic carbocycles. The van der Waals surface area contributed by atoms with E-state index in [9.17, 15) is 5.11 Å². The van der Waals surface area contributed by atoms with Crippen LogP contribution in [0.1, 0.15) is 12.8 Å². The molecular weight excluding hydrogens is 176 g/mol. The van der Waals surface area contributed by atoms with Crippen LogP contribution in [0.5, 0.6) is 0 Å². The molecule has 2 unspecified atom stereocenters. The van der Waals surface area contributed by atoms with Crippen LogP contribution in [-0.4, -0.2) is 60.8 Å². The first-order chi connectivity index (χ1) is 6.63. The van der Waals surface area contributed by atoms with Crippen LogP contribution in [0.15, 0.2) is 12.7 Å². The van der Waals surface area contributed by atoms with Crippen LogP contribution < -0.4 is 0 Å². The van der Waals surface area contributed by atoms with Gasteiger partial charge in [-0.1, -0.05) is 6.08 Å². The summed E-state index contributed by atoms with van der Waals surface area (Å²) in [6.07, 6.45) is 3.12. The molecule has 1 N–H and O–H groups in total. The maximum absolute atomic E-state index is 9.69. The van der Waals surface area contributed by atoms with Gasteiger partial charge in [-0.15, -0.1) is 6.58 Å². The van der Waals surface area contributed by atoms with Crippen molar-refractivity contribution in [1.29, 1.82) is 0 Å². The lowest BCUT2D eigenvalue weighted by atomic mass is 10.0. The smallest absolute Gasteiger partial charge is 0.0589 e. The Morgan fingerprint density at radius 2 is 2.21 bits per heavy atom. The third kappa shape index (κ3) is 3.40. The van der Waals surface area contributed by atoms with Gasteiger partial charge >= 0.3 is 0 Å². The molecular formula is C11H22N2O. The van der Waals surface area contributed by atoms with Gasteiger partial charge in [-0.05, 0) is 26.9 Å². The highest BCUT2D eigenvalue weighted by atomic mass is 16.3. The number of hydrogen-bond donors (Lipinski definition) is 1. The van der Waals surface area contributed by atoms with Crippen molar-refractivity contribution >= 4 is 0 Å². The van der Waals surface area contributed by atoms with Crippen LogP contribution in [-0.2, 0) is 0 Å². The Labute approximate surface area is 87.0 Å². The van der Waals surface area contributed by atoms with Crippen LogP contribution >= 0.6 is 0 Å². The average Bonchev–Trinajstić information content (AvgIpc) is 2.12. The van der Waals surface area contributed by atoms with Crippen molar-refractivity contribution in [2.45, 2.75) is 25.0 Å². The molecule has 1 aliphatic rings. The normalized spacial score (nSPS) is 27.5. The van der Waals surface area contributed by atoms with E-state index in [-0.39, 0.29) is 6.10 Å². The summed E-state index contributed by atoms with van der Waals surface area (Å²) in [5.41, 5.74) is 0. The van der Waals surface area contributed by atoms with E-state index in [1.807, 2.05) is 0 Å². The molecule has 0 bridgehead atoms. The van der Waals surface area contributed by atoms with Crippen molar-refractivity contribution in [2.24, 2.45) is 0 Å². The summed E-state index contributed by atoms with van der Waals surface area (Å²) in [6, 6.07) is 0.490. The molecule has 1 rings (SSSR count). The molecule has 14 heavy (non-hydrogen) atoms. The molecule has 1 saturated heterocycles. The summed E-state index contributed by atoms with van der Waals surface area (Å²) >= 11 is 0. The van der Waals surface area contributed by atoms with E-state index in [1.54, 1.807) is 6.08 Å². The first-order valence-corrected chi connectivity index (χ1v) is 5.31. The molecule has 1 fully saturated rings. The largest absolute Gasteiger partial charge is 0.393 e.